The summed E-state index contributed by atoms with van der Waals surface area (Å²) in [5.74, 6) is -2.00. The summed E-state index contributed by atoms with van der Waals surface area (Å²) in [5.41, 5.74) is 8.02. The zero-order valence-electron chi connectivity index (χ0n) is 26.2. The number of allylic oxidation sites excluding steroid dienone is 4. The minimum Gasteiger partial charge on any atom is -0.497 e. The van der Waals surface area contributed by atoms with Gasteiger partial charge in [0.1, 0.15) is 17.7 Å². The van der Waals surface area contributed by atoms with Crippen molar-refractivity contribution in [3.63, 3.8) is 0 Å². The molecule has 1 aliphatic heterocycles. The second-order valence-electron chi connectivity index (χ2n) is 11.9. The van der Waals surface area contributed by atoms with E-state index in [9.17, 15) is 17.6 Å². The number of hydrogen-bond donors (Lipinski definition) is 3. The lowest BCUT2D eigenvalue weighted by atomic mass is 9.84. The van der Waals surface area contributed by atoms with E-state index in [0.29, 0.717) is 47.1 Å². The van der Waals surface area contributed by atoms with Crippen LogP contribution in [0.15, 0.2) is 102 Å². The molecule has 0 radical (unpaired) electrons. The highest BCUT2D eigenvalue weighted by molar-refractivity contribution is 7.89. The average Bonchev–Trinajstić information content (AvgIpc) is 3.04. The number of rotatable bonds is 11. The summed E-state index contributed by atoms with van der Waals surface area (Å²) >= 11 is 6.25. The number of nitrogens with zero attached hydrogens (tertiary/aromatic N) is 1. The Balaban J connectivity index is 1.34. The van der Waals surface area contributed by atoms with Crippen molar-refractivity contribution in [3.8, 4) is 5.75 Å². The van der Waals surface area contributed by atoms with Crippen molar-refractivity contribution in [2.75, 3.05) is 20.2 Å². The van der Waals surface area contributed by atoms with Crippen LogP contribution in [0.4, 0.5) is 8.78 Å². The third-order valence-electron chi connectivity index (χ3n) is 8.76. The summed E-state index contributed by atoms with van der Waals surface area (Å²) < 4.78 is 64.1. The molecule has 1 amide bonds. The maximum absolute atomic E-state index is 15.5. The van der Waals surface area contributed by atoms with Gasteiger partial charge in [-0.15, -0.1) is 0 Å². The molecule has 3 aromatic rings. The quantitative estimate of drug-likeness (QED) is 0.253. The van der Waals surface area contributed by atoms with E-state index in [4.69, 9.17) is 22.1 Å². The normalized spacial score (nSPS) is 23.1. The molecule has 1 fully saturated rings. The Morgan fingerprint density at radius 3 is 2.47 bits per heavy atom. The van der Waals surface area contributed by atoms with E-state index in [1.165, 1.54) is 47.8 Å². The van der Waals surface area contributed by atoms with Gasteiger partial charge in [-0.05, 0) is 91.6 Å². The highest BCUT2D eigenvalue weighted by Crippen LogP contribution is 2.33. The Bertz CT molecular complexity index is 1690. The fourth-order valence-electron chi connectivity index (χ4n) is 6.43. The van der Waals surface area contributed by atoms with Crippen molar-refractivity contribution in [1.82, 2.24) is 14.9 Å². The Kier molecular flexibility index (Phi) is 11.1. The number of ether oxygens (including phenoxy) is 1. The van der Waals surface area contributed by atoms with Crippen molar-refractivity contribution in [2.24, 2.45) is 11.7 Å². The van der Waals surface area contributed by atoms with E-state index >= 15 is 4.39 Å². The van der Waals surface area contributed by atoms with Gasteiger partial charge >= 0.3 is 0 Å². The number of hydrogen-bond acceptors (Lipinski definition) is 6. The van der Waals surface area contributed by atoms with Gasteiger partial charge in [0.25, 0.3) is 0 Å². The third-order valence-corrected chi connectivity index (χ3v) is 11.1. The minimum absolute atomic E-state index is 0.149. The molecule has 0 saturated carbocycles. The van der Waals surface area contributed by atoms with Crippen LogP contribution < -0.4 is 21.1 Å². The number of carbonyl (C=O) groups is 1. The smallest absolute Gasteiger partial charge is 0.243 e. The highest BCUT2D eigenvalue weighted by atomic mass is 35.5. The average molecular weight is 685 g/mol. The maximum atomic E-state index is 15.5. The number of benzene rings is 3. The van der Waals surface area contributed by atoms with E-state index in [1.807, 2.05) is 6.92 Å². The molecular formula is C35H39ClF2N4O4S. The van der Waals surface area contributed by atoms with Crippen LogP contribution in [0, 0.1) is 11.7 Å². The zero-order valence-corrected chi connectivity index (χ0v) is 27.7. The lowest BCUT2D eigenvalue weighted by Gasteiger charge is -2.40. The molecule has 0 bridgehead atoms. The minimum atomic E-state index is -3.87. The van der Waals surface area contributed by atoms with Gasteiger partial charge in [-0.1, -0.05) is 41.9 Å². The molecule has 8 nitrogen and oxygen atoms in total. The first-order valence-electron chi connectivity index (χ1n) is 15.5. The molecule has 0 aromatic heterocycles. The second-order valence-corrected chi connectivity index (χ2v) is 14.2. The Labute approximate surface area is 279 Å². The predicted octanol–water partition coefficient (Wildman–Crippen LogP) is 5.30. The van der Waals surface area contributed by atoms with Crippen molar-refractivity contribution in [1.29, 1.82) is 0 Å². The number of nitrogens with one attached hydrogen (secondary N) is 2. The van der Waals surface area contributed by atoms with Crippen LogP contribution in [0.2, 0.25) is 5.02 Å². The van der Waals surface area contributed by atoms with Gasteiger partial charge in [0.05, 0.1) is 18.0 Å². The van der Waals surface area contributed by atoms with Gasteiger partial charge in [0.2, 0.25) is 15.9 Å². The number of carbonyl (C=O) groups excluding carboxylic acids is 1. The van der Waals surface area contributed by atoms with Crippen LogP contribution in [-0.2, 0) is 14.8 Å². The molecule has 1 heterocycles. The van der Waals surface area contributed by atoms with Crippen LogP contribution in [0.25, 0.3) is 0 Å². The van der Waals surface area contributed by atoms with Crippen molar-refractivity contribution in [3.05, 3.63) is 119 Å². The van der Waals surface area contributed by atoms with Crippen molar-refractivity contribution >= 4 is 27.5 Å². The number of nitrogens with two attached hydrogens (primary N) is 1. The van der Waals surface area contributed by atoms with Gasteiger partial charge in [-0.25, -0.2) is 17.2 Å². The van der Waals surface area contributed by atoms with E-state index in [2.05, 4.69) is 10.6 Å². The molecule has 12 heteroatoms. The topological polar surface area (TPSA) is 114 Å². The van der Waals surface area contributed by atoms with Gasteiger partial charge in [0, 0.05) is 47.7 Å². The molecule has 1 saturated heterocycles. The van der Waals surface area contributed by atoms with Crippen LogP contribution >= 0.6 is 11.6 Å². The molecule has 2 unspecified atom stereocenters. The summed E-state index contributed by atoms with van der Waals surface area (Å²) in [5, 5.41) is 6.57. The SMILES string of the molecule is COc1ccc(S(=O)(=O)N2[C@@H](CCC3C(NC(=O)[C@@H](N)[C@H](c4cccc(F)c4)c4cccc(Cl)c4)=CC=CC3F)CNC[C@@H]2C)cc1. The molecule has 2 aliphatic rings. The molecule has 0 spiro atoms. The predicted molar refractivity (Wildman–Crippen MR) is 179 cm³/mol. The Morgan fingerprint density at radius 1 is 1.09 bits per heavy atom. The number of piperazine rings is 1. The number of amides is 1. The molecule has 4 N–H and O–H groups in total. The van der Waals surface area contributed by atoms with Gasteiger partial charge < -0.3 is 21.1 Å². The van der Waals surface area contributed by atoms with Crippen molar-refractivity contribution in [2.45, 2.75) is 54.9 Å². The fourth-order valence-corrected chi connectivity index (χ4v) is 8.47. The molecule has 3 aromatic carbocycles. The second kappa shape index (κ2) is 15.1. The highest BCUT2D eigenvalue weighted by Gasteiger charge is 2.39. The molecular weight excluding hydrogens is 646 g/mol. The summed E-state index contributed by atoms with van der Waals surface area (Å²) in [6.45, 7) is 2.70. The molecule has 250 valence electrons. The van der Waals surface area contributed by atoms with Crippen LogP contribution in [0.1, 0.15) is 36.8 Å². The number of sulfonamides is 1. The van der Waals surface area contributed by atoms with E-state index in [0.717, 1.165) is 0 Å². The molecule has 1 aliphatic carbocycles. The molecule has 6 atom stereocenters. The largest absolute Gasteiger partial charge is 0.497 e. The molecule has 5 rings (SSSR count). The van der Waals surface area contributed by atoms with E-state index < -0.39 is 51.8 Å². The zero-order chi connectivity index (χ0) is 33.7. The van der Waals surface area contributed by atoms with Crippen LogP contribution in [-0.4, -0.2) is 63.1 Å². The van der Waals surface area contributed by atoms with Gasteiger partial charge in [-0.3, -0.25) is 4.79 Å². The summed E-state index contributed by atoms with van der Waals surface area (Å²) in [7, 11) is -2.36. The van der Waals surface area contributed by atoms with Crippen LogP contribution in [0.3, 0.4) is 0 Å². The standard InChI is InChI=1S/C35H39ClF2N4O4S/c1-22-20-40-21-27(42(22)47(44,45)29-15-13-28(46-2)14-16-29)12-17-30-31(38)10-5-11-32(30)41-35(43)34(39)33(23-6-3-8-25(36)18-23)24-7-4-9-26(37)19-24/h3-11,13-16,18-19,22,27,30-31,33-34,40H,12,17,20-21,39H2,1-2H3,(H,41,43)/t22-,27-,30?,31?,33-,34-/m0/s1. The number of alkyl halides is 1. The Morgan fingerprint density at radius 2 is 1.79 bits per heavy atom. The van der Waals surface area contributed by atoms with Gasteiger partial charge in [0.15, 0.2) is 0 Å². The molecule has 47 heavy (non-hydrogen) atoms. The first-order valence-corrected chi connectivity index (χ1v) is 17.3. The summed E-state index contributed by atoms with van der Waals surface area (Å²) in [4.78, 5) is 13.8. The lowest BCUT2D eigenvalue weighted by molar-refractivity contribution is -0.122. The first kappa shape index (κ1) is 34.7. The fraction of sp³-hybridized carbons (Fsp3) is 0.343. The van der Waals surface area contributed by atoms with Crippen molar-refractivity contribution < 1.29 is 26.7 Å². The van der Waals surface area contributed by atoms with Gasteiger partial charge in [-0.2, -0.15) is 4.31 Å². The third kappa shape index (κ3) is 7.93. The number of halogens is 3. The van der Waals surface area contributed by atoms with E-state index in [-0.39, 0.29) is 17.4 Å². The summed E-state index contributed by atoms with van der Waals surface area (Å²) in [6.07, 6.45) is 3.75. The lowest BCUT2D eigenvalue weighted by Crippen LogP contribution is -2.58. The number of methoxy groups -OCH3 is 1. The Hall–Kier alpha value is -3.61. The summed E-state index contributed by atoms with van der Waals surface area (Å²) in [6, 6.07) is 17.0. The first-order chi connectivity index (χ1) is 22.5. The maximum Gasteiger partial charge on any atom is 0.243 e. The van der Waals surface area contributed by atoms with E-state index in [1.54, 1.807) is 54.6 Å². The van der Waals surface area contributed by atoms with Crippen LogP contribution in [0.5, 0.6) is 5.75 Å². The monoisotopic (exact) mass is 684 g/mol.